The molecule has 0 aliphatic heterocycles. The van der Waals surface area contributed by atoms with E-state index < -0.39 is 0 Å². The first-order valence-electron chi connectivity index (χ1n) is 20.6. The van der Waals surface area contributed by atoms with Crippen LogP contribution in [0, 0.1) is 0 Å². The second-order valence-corrected chi connectivity index (χ2v) is 17.3. The second-order valence-electron chi connectivity index (χ2n) is 17.3. The van der Waals surface area contributed by atoms with E-state index in [1.54, 1.807) is 0 Å². The van der Waals surface area contributed by atoms with Gasteiger partial charge in [-0.1, -0.05) is 143 Å². The predicted molar refractivity (Wildman–Crippen MR) is 244 cm³/mol. The van der Waals surface area contributed by atoms with Crippen LogP contribution in [0.25, 0.3) is 77.6 Å². The van der Waals surface area contributed by atoms with E-state index in [0.29, 0.717) is 0 Å². The van der Waals surface area contributed by atoms with Gasteiger partial charge in [-0.3, -0.25) is 0 Å². The molecule has 2 heterocycles. The Bertz CT molecular complexity index is 3320. The minimum atomic E-state index is -0.173. The first kappa shape index (κ1) is 34.0. The Labute approximate surface area is 343 Å². The smallest absolute Gasteiger partial charge is 0.139 e. The summed E-state index contributed by atoms with van der Waals surface area (Å²) in [6.45, 7) is 9.35. The van der Waals surface area contributed by atoms with Crippen LogP contribution < -0.4 is 4.90 Å². The molecule has 2 aliphatic rings. The van der Waals surface area contributed by atoms with Gasteiger partial charge in [0.15, 0.2) is 0 Å². The Hall–Kier alpha value is -7.10. The lowest BCUT2D eigenvalue weighted by molar-refractivity contribution is 0.619. The second kappa shape index (κ2) is 12.2. The van der Waals surface area contributed by atoms with Crippen molar-refractivity contribution in [2.45, 2.75) is 38.5 Å². The molecule has 3 heteroatoms. The maximum absolute atomic E-state index is 6.46. The number of furan rings is 2. The van der Waals surface area contributed by atoms with Gasteiger partial charge in [0.25, 0.3) is 0 Å². The molecule has 0 radical (unpaired) electrons. The SMILES string of the molecule is CC1(C)c2ccccc2-c2ccc(N(c3ccc(-c4ccc5c(c4)C(C)(C)c4c-5oc5ccccc45)cc3)c3ccc(-c4cccc5oc6ccccc6c45)cc3)cc21. The zero-order valence-electron chi connectivity index (χ0n) is 33.5. The first-order valence-corrected chi connectivity index (χ1v) is 20.6. The average Bonchev–Trinajstić information content (AvgIpc) is 3.97. The van der Waals surface area contributed by atoms with Gasteiger partial charge in [-0.2, -0.15) is 0 Å². The van der Waals surface area contributed by atoms with Crippen molar-refractivity contribution in [2.75, 3.05) is 4.90 Å². The number of benzene rings is 8. The number of fused-ring (bicyclic) bond motifs is 11. The number of nitrogens with zero attached hydrogens (tertiary/aromatic N) is 1. The van der Waals surface area contributed by atoms with Crippen LogP contribution in [0.3, 0.4) is 0 Å². The summed E-state index contributed by atoms with van der Waals surface area (Å²) in [6, 6.07) is 63.9. The van der Waals surface area contributed by atoms with Crippen LogP contribution >= 0.6 is 0 Å². The van der Waals surface area contributed by atoms with E-state index in [1.165, 1.54) is 61.0 Å². The van der Waals surface area contributed by atoms with Crippen LogP contribution in [-0.2, 0) is 10.8 Å². The highest BCUT2D eigenvalue weighted by molar-refractivity contribution is 6.12. The molecule has 2 aliphatic carbocycles. The van der Waals surface area contributed by atoms with Crippen molar-refractivity contribution in [1.29, 1.82) is 0 Å². The molecule has 0 unspecified atom stereocenters. The lowest BCUT2D eigenvalue weighted by Gasteiger charge is -2.28. The fourth-order valence-corrected chi connectivity index (χ4v) is 10.3. The third-order valence-electron chi connectivity index (χ3n) is 13.3. The van der Waals surface area contributed by atoms with Crippen LogP contribution in [0.4, 0.5) is 17.1 Å². The summed E-state index contributed by atoms with van der Waals surface area (Å²) in [5.74, 6) is 1.00. The molecular weight excluding hydrogens is 719 g/mol. The number of hydrogen-bond acceptors (Lipinski definition) is 3. The standard InChI is InChI=1S/C56H41NO2/c1-55(2)46-16-8-5-12-41(46)42-31-29-39(33-48(42)55)57(38-27-22-35(23-28-38)40-15-11-19-51-52(40)44-13-6-9-17-49(44)58-51)37-25-20-34(21-26-37)36-24-30-43-47(32-36)56(3,4)53-45-14-7-10-18-50(45)59-54(43)53/h5-33H,1-4H3. The Kier molecular flexibility index (Phi) is 7.03. The van der Waals surface area contributed by atoms with Gasteiger partial charge >= 0.3 is 0 Å². The monoisotopic (exact) mass is 759 g/mol. The highest BCUT2D eigenvalue weighted by Crippen LogP contribution is 2.54. The van der Waals surface area contributed by atoms with Gasteiger partial charge in [0.2, 0.25) is 0 Å². The summed E-state index contributed by atoms with van der Waals surface area (Å²) in [4.78, 5) is 2.40. The molecule has 3 nitrogen and oxygen atoms in total. The summed E-state index contributed by atoms with van der Waals surface area (Å²) in [5.41, 5.74) is 19.7. The molecule has 282 valence electrons. The molecule has 10 aromatic rings. The van der Waals surface area contributed by atoms with Crippen molar-refractivity contribution < 1.29 is 8.83 Å². The van der Waals surface area contributed by atoms with Gasteiger partial charge in [-0.05, 0) is 111 Å². The van der Waals surface area contributed by atoms with Gasteiger partial charge in [-0.15, -0.1) is 0 Å². The maximum atomic E-state index is 6.46. The minimum Gasteiger partial charge on any atom is -0.456 e. The molecule has 12 rings (SSSR count). The first-order chi connectivity index (χ1) is 28.8. The third kappa shape index (κ3) is 4.88. The molecule has 0 fully saturated rings. The Morgan fingerprint density at radius 1 is 0.373 bits per heavy atom. The summed E-state index contributed by atoms with van der Waals surface area (Å²) in [7, 11) is 0. The predicted octanol–water partition coefficient (Wildman–Crippen LogP) is 15.7. The fourth-order valence-electron chi connectivity index (χ4n) is 10.3. The van der Waals surface area contributed by atoms with Crippen molar-refractivity contribution >= 4 is 50.0 Å². The topological polar surface area (TPSA) is 29.5 Å². The number of anilines is 3. The molecule has 0 spiro atoms. The van der Waals surface area contributed by atoms with E-state index in [9.17, 15) is 0 Å². The molecule has 0 amide bonds. The number of rotatable bonds is 5. The van der Waals surface area contributed by atoms with Gasteiger partial charge < -0.3 is 13.7 Å². The van der Waals surface area contributed by atoms with Gasteiger partial charge in [0.05, 0.1) is 0 Å². The molecule has 0 bridgehead atoms. The van der Waals surface area contributed by atoms with Gasteiger partial charge in [-0.25, -0.2) is 0 Å². The number of hydrogen-bond donors (Lipinski definition) is 0. The lowest BCUT2D eigenvalue weighted by atomic mass is 9.80. The summed E-state index contributed by atoms with van der Waals surface area (Å²) >= 11 is 0. The van der Waals surface area contributed by atoms with Crippen LogP contribution in [-0.4, -0.2) is 0 Å². The molecule has 0 N–H and O–H groups in total. The molecule has 8 aromatic carbocycles. The normalized spacial score (nSPS) is 14.4. The number of para-hydroxylation sites is 2. The third-order valence-corrected chi connectivity index (χ3v) is 13.3. The molecule has 0 saturated heterocycles. The average molecular weight is 760 g/mol. The Morgan fingerprint density at radius 3 is 1.71 bits per heavy atom. The fraction of sp³-hybridized carbons (Fsp3) is 0.107. The summed E-state index contributed by atoms with van der Waals surface area (Å²) in [6.07, 6.45) is 0. The van der Waals surface area contributed by atoms with Crippen molar-refractivity contribution in [3.8, 4) is 44.7 Å². The molecule has 0 atom stereocenters. The summed E-state index contributed by atoms with van der Waals surface area (Å²) in [5, 5.41) is 3.49. The largest absolute Gasteiger partial charge is 0.456 e. The van der Waals surface area contributed by atoms with Crippen LogP contribution in [0.5, 0.6) is 0 Å². The Morgan fingerprint density at radius 2 is 0.932 bits per heavy atom. The van der Waals surface area contributed by atoms with Crippen molar-refractivity contribution in [3.63, 3.8) is 0 Å². The van der Waals surface area contributed by atoms with Gasteiger partial charge in [0, 0.05) is 55.2 Å². The van der Waals surface area contributed by atoms with Crippen molar-refractivity contribution in [1.82, 2.24) is 0 Å². The van der Waals surface area contributed by atoms with E-state index in [-0.39, 0.29) is 10.8 Å². The minimum absolute atomic E-state index is 0.114. The van der Waals surface area contributed by atoms with Gasteiger partial charge in [0.1, 0.15) is 22.5 Å². The van der Waals surface area contributed by atoms with E-state index in [1.807, 2.05) is 18.2 Å². The van der Waals surface area contributed by atoms with E-state index in [4.69, 9.17) is 8.83 Å². The highest BCUT2D eigenvalue weighted by atomic mass is 16.3. The van der Waals surface area contributed by atoms with E-state index >= 15 is 0 Å². The molecule has 59 heavy (non-hydrogen) atoms. The zero-order chi connectivity index (χ0) is 39.6. The molecule has 0 saturated carbocycles. The molecular formula is C56H41NO2. The maximum Gasteiger partial charge on any atom is 0.139 e. The summed E-state index contributed by atoms with van der Waals surface area (Å²) < 4.78 is 12.7. The highest BCUT2D eigenvalue weighted by Gasteiger charge is 2.40. The molecule has 2 aromatic heterocycles. The van der Waals surface area contributed by atoms with E-state index in [2.05, 4.69) is 190 Å². The van der Waals surface area contributed by atoms with Crippen molar-refractivity contribution in [3.05, 3.63) is 198 Å². The van der Waals surface area contributed by atoms with E-state index in [0.717, 1.165) is 55.9 Å². The van der Waals surface area contributed by atoms with Crippen LogP contribution in [0.1, 0.15) is 49.9 Å². The Balaban J connectivity index is 0.954. The lowest BCUT2D eigenvalue weighted by Crippen LogP contribution is -2.16. The van der Waals surface area contributed by atoms with Crippen molar-refractivity contribution in [2.24, 2.45) is 0 Å². The quantitative estimate of drug-likeness (QED) is 0.175. The van der Waals surface area contributed by atoms with Crippen LogP contribution in [0.2, 0.25) is 0 Å². The van der Waals surface area contributed by atoms with Crippen LogP contribution in [0.15, 0.2) is 185 Å². The zero-order valence-corrected chi connectivity index (χ0v) is 33.5.